The van der Waals surface area contributed by atoms with Gasteiger partial charge < -0.3 is 41.7 Å². The third-order valence-corrected chi connectivity index (χ3v) is 15.7. The Bertz CT molecular complexity index is 2350. The minimum Gasteiger partial charge on any atom is -0.380 e. The minimum absolute atomic E-state index is 0.0221. The van der Waals surface area contributed by atoms with Crippen LogP contribution in [0.2, 0.25) is 0 Å². The Hall–Kier alpha value is -6.70. The SMILES string of the molecule is CC(=O)NC[C@@H]1Nc2ccccc2[C@H]2[C@@H]1CCN2C(=O)[C@H]1CCCC[C@H]1NC(=O)c1ccccc1.CC(=O)NC[C@H]1Nc2ccccc2[C@@H]2[C@H]1CCN2C(=O)[C@H]1CCCC[C@H]1NC(=O)c1ccccc1. The van der Waals surface area contributed by atoms with E-state index in [1.807, 2.05) is 60.7 Å². The van der Waals surface area contributed by atoms with E-state index in [0.717, 1.165) is 86.7 Å². The second-order valence-corrected chi connectivity index (χ2v) is 20.1. The summed E-state index contributed by atoms with van der Waals surface area (Å²) in [6.45, 7) is 5.52. The number of rotatable bonds is 10. The lowest BCUT2D eigenvalue weighted by Crippen LogP contribution is -2.51. The molecule has 368 valence electrons. The molecule has 14 heteroatoms. The number of carbonyl (C=O) groups excluding carboxylic acids is 6. The first-order valence-corrected chi connectivity index (χ1v) is 25.6. The van der Waals surface area contributed by atoms with Gasteiger partial charge in [0.2, 0.25) is 23.6 Å². The summed E-state index contributed by atoms with van der Waals surface area (Å²) in [7, 11) is 0. The Morgan fingerprint density at radius 2 is 0.857 bits per heavy atom. The van der Waals surface area contributed by atoms with E-state index in [1.165, 1.54) is 13.8 Å². The Labute approximate surface area is 411 Å². The van der Waals surface area contributed by atoms with Gasteiger partial charge >= 0.3 is 0 Å². The van der Waals surface area contributed by atoms with Crippen LogP contribution in [0.3, 0.4) is 0 Å². The van der Waals surface area contributed by atoms with Crippen LogP contribution in [0.5, 0.6) is 0 Å². The van der Waals surface area contributed by atoms with Gasteiger partial charge in [0.1, 0.15) is 0 Å². The molecular formula is C56H68N8O6. The minimum atomic E-state index is -0.217. The number of para-hydroxylation sites is 2. The molecule has 0 spiro atoms. The van der Waals surface area contributed by atoms with Crippen molar-refractivity contribution in [1.82, 2.24) is 31.1 Å². The highest BCUT2D eigenvalue weighted by molar-refractivity contribution is 5.95. The maximum Gasteiger partial charge on any atom is 0.251 e. The molecule has 4 heterocycles. The maximum absolute atomic E-state index is 14.1. The Morgan fingerprint density at radius 1 is 0.486 bits per heavy atom. The number of hydrogen-bond acceptors (Lipinski definition) is 8. The number of carbonyl (C=O) groups is 6. The van der Waals surface area contributed by atoms with Crippen molar-refractivity contribution in [3.63, 3.8) is 0 Å². The molecule has 2 saturated carbocycles. The predicted molar refractivity (Wildman–Crippen MR) is 270 cm³/mol. The number of nitrogens with zero attached hydrogens (tertiary/aromatic N) is 2. The normalized spacial score (nSPS) is 27.2. The quantitative estimate of drug-likeness (QED) is 0.0985. The smallest absolute Gasteiger partial charge is 0.251 e. The zero-order valence-corrected chi connectivity index (χ0v) is 40.4. The first-order valence-electron chi connectivity index (χ1n) is 25.6. The van der Waals surface area contributed by atoms with E-state index in [2.05, 4.69) is 66.0 Å². The summed E-state index contributed by atoms with van der Waals surface area (Å²) in [5.41, 5.74) is 5.59. The topological polar surface area (TPSA) is 181 Å². The van der Waals surface area contributed by atoms with Gasteiger partial charge in [0, 0.05) is 98.5 Å². The summed E-state index contributed by atoms with van der Waals surface area (Å²) in [5.74, 6) is -0.0227. The molecule has 2 saturated heterocycles. The molecule has 4 aromatic rings. The van der Waals surface area contributed by atoms with Crippen molar-refractivity contribution in [1.29, 1.82) is 0 Å². The molecule has 4 aromatic carbocycles. The van der Waals surface area contributed by atoms with E-state index >= 15 is 0 Å². The third kappa shape index (κ3) is 10.6. The van der Waals surface area contributed by atoms with Gasteiger partial charge in [-0.25, -0.2) is 0 Å². The Kier molecular flexibility index (Phi) is 15.1. The van der Waals surface area contributed by atoms with Crippen molar-refractivity contribution in [2.24, 2.45) is 23.7 Å². The molecule has 0 aromatic heterocycles. The van der Waals surface area contributed by atoms with Gasteiger partial charge in [0.25, 0.3) is 11.8 Å². The van der Waals surface area contributed by atoms with Crippen LogP contribution in [0, 0.1) is 23.7 Å². The van der Waals surface area contributed by atoms with E-state index in [0.29, 0.717) is 37.3 Å². The number of amides is 6. The molecule has 0 radical (unpaired) electrons. The molecule has 6 amide bonds. The van der Waals surface area contributed by atoms with Crippen LogP contribution in [0.4, 0.5) is 11.4 Å². The van der Waals surface area contributed by atoms with Crippen molar-refractivity contribution in [2.75, 3.05) is 36.8 Å². The van der Waals surface area contributed by atoms with E-state index < -0.39 is 0 Å². The number of nitrogens with one attached hydrogen (secondary N) is 6. The zero-order valence-electron chi connectivity index (χ0n) is 40.4. The molecule has 10 atom stereocenters. The third-order valence-electron chi connectivity index (χ3n) is 15.7. The van der Waals surface area contributed by atoms with Crippen molar-refractivity contribution in [3.8, 4) is 0 Å². The molecule has 4 aliphatic heterocycles. The molecule has 6 aliphatic rings. The summed E-state index contributed by atoms with van der Waals surface area (Å²) < 4.78 is 0. The van der Waals surface area contributed by atoms with Gasteiger partial charge in [-0.3, -0.25) is 28.8 Å². The van der Waals surface area contributed by atoms with E-state index in [4.69, 9.17) is 0 Å². The summed E-state index contributed by atoms with van der Waals surface area (Å²) in [6.07, 6.45) is 9.02. The Morgan fingerprint density at radius 3 is 1.26 bits per heavy atom. The predicted octanol–water partition coefficient (Wildman–Crippen LogP) is 6.99. The molecule has 4 fully saturated rings. The number of benzene rings is 4. The van der Waals surface area contributed by atoms with E-state index in [9.17, 15) is 28.8 Å². The average Bonchev–Trinajstić information content (AvgIpc) is 4.05. The molecule has 0 bridgehead atoms. The fourth-order valence-electron chi connectivity index (χ4n) is 12.4. The van der Waals surface area contributed by atoms with Gasteiger partial charge in [-0.1, -0.05) is 98.5 Å². The Balaban J connectivity index is 0.000000174. The number of fused-ring (bicyclic) bond motifs is 6. The average molecular weight is 949 g/mol. The van der Waals surface area contributed by atoms with Crippen molar-refractivity contribution < 1.29 is 28.8 Å². The molecule has 6 N–H and O–H groups in total. The van der Waals surface area contributed by atoms with Crippen LogP contribution in [0.1, 0.15) is 122 Å². The number of anilines is 2. The largest absolute Gasteiger partial charge is 0.380 e. The maximum atomic E-state index is 14.1. The van der Waals surface area contributed by atoms with Crippen LogP contribution in [0.25, 0.3) is 0 Å². The highest BCUT2D eigenvalue weighted by Crippen LogP contribution is 2.49. The molecular weight excluding hydrogens is 881 g/mol. The first kappa shape index (κ1) is 48.3. The highest BCUT2D eigenvalue weighted by Gasteiger charge is 2.50. The number of likely N-dealkylation sites (tertiary alicyclic amines) is 2. The highest BCUT2D eigenvalue weighted by atomic mass is 16.2. The standard InChI is InChI=1S/2C28H34N4O3/c2*1-18(33)29-17-25-21-15-16-32(26(21)20-11-5-7-13-23(20)30-25)28(35)22-12-6-8-14-24(22)31-27(34)19-9-3-2-4-10-19/h2*2-5,7,9-11,13,21-22,24-26,30H,6,8,12,14-17H2,1H3,(H,29,33)(H,31,34)/t21-,22+,24-,25+,26+;21-,22-,24+,25+,26+/m10/s1. The molecule has 70 heavy (non-hydrogen) atoms. The summed E-state index contributed by atoms with van der Waals surface area (Å²) in [5, 5.41) is 19.5. The van der Waals surface area contributed by atoms with Crippen LogP contribution >= 0.6 is 0 Å². The van der Waals surface area contributed by atoms with Crippen molar-refractivity contribution in [3.05, 3.63) is 131 Å². The van der Waals surface area contributed by atoms with Crippen LogP contribution < -0.4 is 31.9 Å². The van der Waals surface area contributed by atoms with Crippen molar-refractivity contribution >= 4 is 46.8 Å². The lowest BCUT2D eigenvalue weighted by molar-refractivity contribution is -0.139. The van der Waals surface area contributed by atoms with Crippen LogP contribution in [0.15, 0.2) is 109 Å². The summed E-state index contributed by atoms with van der Waals surface area (Å²) >= 11 is 0. The van der Waals surface area contributed by atoms with Gasteiger partial charge in [-0.15, -0.1) is 0 Å². The second kappa shape index (κ2) is 21.9. The summed E-state index contributed by atoms with van der Waals surface area (Å²) in [4.78, 5) is 81.2. The lowest BCUT2D eigenvalue weighted by atomic mass is 9.81. The fraction of sp³-hybridized carbons (Fsp3) is 0.464. The van der Waals surface area contributed by atoms with Gasteiger partial charge in [0.05, 0.1) is 23.9 Å². The summed E-state index contributed by atoms with van der Waals surface area (Å²) in [6, 6.07) is 34.6. The zero-order chi connectivity index (χ0) is 48.7. The fourth-order valence-corrected chi connectivity index (χ4v) is 12.4. The molecule has 14 nitrogen and oxygen atoms in total. The molecule has 10 rings (SSSR count). The molecule has 2 aliphatic carbocycles. The van der Waals surface area contributed by atoms with Gasteiger partial charge in [0.15, 0.2) is 0 Å². The van der Waals surface area contributed by atoms with E-state index in [-0.39, 0.29) is 95.4 Å². The first-order chi connectivity index (χ1) is 34.0. The molecule has 0 unspecified atom stereocenters. The van der Waals surface area contributed by atoms with Crippen molar-refractivity contribution in [2.45, 2.75) is 114 Å². The monoisotopic (exact) mass is 949 g/mol. The number of hydrogen-bond donors (Lipinski definition) is 6. The van der Waals surface area contributed by atoms with Crippen LogP contribution in [-0.2, 0) is 19.2 Å². The van der Waals surface area contributed by atoms with Crippen LogP contribution in [-0.4, -0.2) is 95.6 Å². The lowest BCUT2D eigenvalue weighted by Gasteiger charge is -2.42. The van der Waals surface area contributed by atoms with E-state index in [1.54, 1.807) is 24.3 Å². The van der Waals surface area contributed by atoms with Gasteiger partial charge in [-0.05, 0) is 86.1 Å². The second-order valence-electron chi connectivity index (χ2n) is 20.1. The van der Waals surface area contributed by atoms with Gasteiger partial charge in [-0.2, -0.15) is 0 Å².